The second-order valence-electron chi connectivity index (χ2n) is 3.70. The number of aromatic nitrogens is 1. The topological polar surface area (TPSA) is 35.3 Å². The van der Waals surface area contributed by atoms with Crippen LogP contribution in [-0.2, 0) is 6.61 Å². The lowest BCUT2D eigenvalue weighted by atomic mass is 10.2. The van der Waals surface area contributed by atoms with E-state index in [-0.39, 0.29) is 0 Å². The summed E-state index contributed by atoms with van der Waals surface area (Å²) in [6.45, 7) is 0.419. The van der Waals surface area contributed by atoms with Crippen LogP contribution in [-0.4, -0.2) is 4.98 Å². The van der Waals surface area contributed by atoms with Gasteiger partial charge in [-0.15, -0.1) is 0 Å². The van der Waals surface area contributed by atoms with E-state index >= 15 is 0 Å². The van der Waals surface area contributed by atoms with Gasteiger partial charge >= 0.3 is 0 Å². The first-order valence-corrected chi connectivity index (χ1v) is 5.42. The molecule has 1 aromatic carbocycles. The van der Waals surface area contributed by atoms with Gasteiger partial charge < -0.3 is 9.15 Å². The summed E-state index contributed by atoms with van der Waals surface area (Å²) in [4.78, 5) is 4.33. The fourth-order valence-corrected chi connectivity index (χ4v) is 1.74. The molecule has 3 heteroatoms. The highest BCUT2D eigenvalue weighted by Crippen LogP contribution is 2.23. The molecule has 0 saturated carbocycles. The molecule has 0 bridgehead atoms. The highest BCUT2D eigenvalue weighted by Gasteiger charge is 2.03. The molecule has 0 aliphatic heterocycles. The number of fused-ring (bicyclic) bond motifs is 1. The zero-order chi connectivity index (χ0) is 11.5. The van der Waals surface area contributed by atoms with E-state index in [9.17, 15) is 0 Å². The van der Waals surface area contributed by atoms with Crippen LogP contribution in [0.25, 0.3) is 10.9 Å². The highest BCUT2D eigenvalue weighted by atomic mass is 16.5. The fraction of sp³-hybridized carbons (Fsp3) is 0.0714. The van der Waals surface area contributed by atoms with Crippen LogP contribution in [0.4, 0.5) is 0 Å². The predicted octanol–water partition coefficient (Wildman–Crippen LogP) is 3.41. The Bertz CT molecular complexity index is 612. The summed E-state index contributed by atoms with van der Waals surface area (Å²) in [6, 6.07) is 13.6. The molecule has 0 amide bonds. The zero-order valence-electron chi connectivity index (χ0n) is 9.17. The van der Waals surface area contributed by atoms with Crippen LogP contribution in [0.3, 0.4) is 0 Å². The predicted molar refractivity (Wildman–Crippen MR) is 64.8 cm³/mol. The number of rotatable bonds is 3. The van der Waals surface area contributed by atoms with E-state index in [1.165, 1.54) is 0 Å². The lowest BCUT2D eigenvalue weighted by Gasteiger charge is -2.06. The molecular formula is C14H11NO2. The Morgan fingerprint density at radius 3 is 2.88 bits per heavy atom. The fourth-order valence-electron chi connectivity index (χ4n) is 1.74. The number of para-hydroxylation sites is 1. The molecule has 2 aromatic heterocycles. The van der Waals surface area contributed by atoms with Gasteiger partial charge in [-0.2, -0.15) is 0 Å². The average molecular weight is 225 g/mol. The first-order chi connectivity index (χ1) is 8.43. The minimum absolute atomic E-state index is 0.419. The quantitative estimate of drug-likeness (QED) is 0.685. The molecule has 17 heavy (non-hydrogen) atoms. The third kappa shape index (κ3) is 1.99. The van der Waals surface area contributed by atoms with Crippen LogP contribution < -0.4 is 4.74 Å². The van der Waals surface area contributed by atoms with Gasteiger partial charge in [0.1, 0.15) is 23.6 Å². The van der Waals surface area contributed by atoms with Crippen LogP contribution in [0, 0.1) is 0 Å². The van der Waals surface area contributed by atoms with Gasteiger partial charge in [0.05, 0.1) is 6.26 Å². The number of hydrogen-bond acceptors (Lipinski definition) is 3. The third-order valence-electron chi connectivity index (χ3n) is 2.55. The maximum Gasteiger partial charge on any atom is 0.146 e. The first-order valence-electron chi connectivity index (χ1n) is 5.42. The van der Waals surface area contributed by atoms with Gasteiger partial charge in [-0.1, -0.05) is 18.2 Å². The Balaban J connectivity index is 1.90. The number of furan rings is 1. The highest BCUT2D eigenvalue weighted by molar-refractivity contribution is 5.84. The Hall–Kier alpha value is -2.29. The van der Waals surface area contributed by atoms with Gasteiger partial charge in [0.25, 0.3) is 0 Å². The number of benzene rings is 1. The molecule has 0 spiro atoms. The summed E-state index contributed by atoms with van der Waals surface area (Å²) in [7, 11) is 0. The minimum Gasteiger partial charge on any atom is -0.483 e. The summed E-state index contributed by atoms with van der Waals surface area (Å²) in [5.41, 5.74) is 0.876. The molecule has 0 radical (unpaired) electrons. The Labute approximate surface area is 98.7 Å². The normalized spacial score (nSPS) is 10.6. The molecule has 3 aromatic rings. The van der Waals surface area contributed by atoms with E-state index in [0.29, 0.717) is 6.61 Å². The largest absolute Gasteiger partial charge is 0.483 e. The van der Waals surface area contributed by atoms with E-state index in [0.717, 1.165) is 22.4 Å². The van der Waals surface area contributed by atoms with E-state index in [1.807, 2.05) is 42.5 Å². The van der Waals surface area contributed by atoms with Crippen molar-refractivity contribution >= 4 is 10.9 Å². The van der Waals surface area contributed by atoms with Gasteiger partial charge in [-0.25, -0.2) is 0 Å². The molecule has 3 rings (SSSR count). The van der Waals surface area contributed by atoms with Gasteiger partial charge in [0.2, 0.25) is 0 Å². The lowest BCUT2D eigenvalue weighted by molar-refractivity contribution is 0.273. The van der Waals surface area contributed by atoms with Gasteiger partial charge in [-0.3, -0.25) is 4.98 Å². The zero-order valence-corrected chi connectivity index (χ0v) is 9.17. The molecule has 0 saturated heterocycles. The smallest absolute Gasteiger partial charge is 0.146 e. The first kappa shape index (κ1) is 9.90. The van der Waals surface area contributed by atoms with Crippen molar-refractivity contribution in [3.63, 3.8) is 0 Å². The molecule has 0 N–H and O–H groups in total. The van der Waals surface area contributed by atoms with Crippen LogP contribution in [0.15, 0.2) is 59.3 Å². The van der Waals surface area contributed by atoms with Crippen molar-refractivity contribution in [1.29, 1.82) is 0 Å². The van der Waals surface area contributed by atoms with Crippen molar-refractivity contribution < 1.29 is 9.15 Å². The second-order valence-corrected chi connectivity index (χ2v) is 3.70. The number of ether oxygens (including phenoxy) is 1. The van der Waals surface area contributed by atoms with Crippen molar-refractivity contribution in [2.45, 2.75) is 6.61 Å². The average Bonchev–Trinajstić information content (AvgIpc) is 2.89. The van der Waals surface area contributed by atoms with E-state index in [1.54, 1.807) is 12.5 Å². The lowest BCUT2D eigenvalue weighted by Crippen LogP contribution is -1.95. The molecule has 84 valence electrons. The van der Waals surface area contributed by atoms with Gasteiger partial charge in [0.15, 0.2) is 0 Å². The van der Waals surface area contributed by atoms with Crippen molar-refractivity contribution in [1.82, 2.24) is 4.98 Å². The maximum absolute atomic E-state index is 5.71. The summed E-state index contributed by atoms with van der Waals surface area (Å²) < 4.78 is 10.9. The Kier molecular flexibility index (Phi) is 2.50. The maximum atomic E-state index is 5.71. The SMILES string of the molecule is c1coc(COc2cccc3cccnc23)c1. The number of pyridine rings is 1. The molecule has 0 atom stereocenters. The van der Waals surface area contributed by atoms with Crippen molar-refractivity contribution in [3.05, 3.63) is 60.7 Å². The molecular weight excluding hydrogens is 214 g/mol. The Morgan fingerprint density at radius 1 is 1.06 bits per heavy atom. The standard InChI is InChI=1S/C14H11NO2/c1-4-11-5-2-8-15-14(11)13(7-1)17-10-12-6-3-9-16-12/h1-9H,10H2. The summed E-state index contributed by atoms with van der Waals surface area (Å²) in [5.74, 6) is 1.58. The monoisotopic (exact) mass is 225 g/mol. The van der Waals surface area contributed by atoms with E-state index < -0.39 is 0 Å². The molecule has 0 aliphatic rings. The van der Waals surface area contributed by atoms with Crippen molar-refractivity contribution in [2.75, 3.05) is 0 Å². The molecule has 0 fully saturated rings. The van der Waals surface area contributed by atoms with Gasteiger partial charge in [0, 0.05) is 11.6 Å². The van der Waals surface area contributed by atoms with Crippen LogP contribution in [0.1, 0.15) is 5.76 Å². The van der Waals surface area contributed by atoms with Crippen molar-refractivity contribution in [3.8, 4) is 5.75 Å². The summed E-state index contributed by atoms with van der Waals surface area (Å²) >= 11 is 0. The van der Waals surface area contributed by atoms with Crippen LogP contribution in [0.5, 0.6) is 5.75 Å². The molecule has 3 nitrogen and oxygen atoms in total. The number of nitrogens with zero attached hydrogens (tertiary/aromatic N) is 1. The summed E-state index contributed by atoms with van der Waals surface area (Å²) in [5, 5.41) is 1.07. The van der Waals surface area contributed by atoms with E-state index in [2.05, 4.69) is 4.98 Å². The minimum atomic E-state index is 0.419. The van der Waals surface area contributed by atoms with E-state index in [4.69, 9.17) is 9.15 Å². The molecule has 0 unspecified atom stereocenters. The molecule has 2 heterocycles. The second kappa shape index (κ2) is 4.29. The van der Waals surface area contributed by atoms with Gasteiger partial charge in [-0.05, 0) is 24.3 Å². The van der Waals surface area contributed by atoms with Crippen molar-refractivity contribution in [2.24, 2.45) is 0 Å². The Morgan fingerprint density at radius 2 is 2.00 bits per heavy atom. The number of hydrogen-bond donors (Lipinski definition) is 0. The molecule has 0 aliphatic carbocycles. The van der Waals surface area contributed by atoms with Crippen LogP contribution >= 0.6 is 0 Å². The van der Waals surface area contributed by atoms with Crippen LogP contribution in [0.2, 0.25) is 0 Å². The summed E-state index contributed by atoms with van der Waals surface area (Å²) in [6.07, 6.45) is 3.40. The third-order valence-corrected chi connectivity index (χ3v) is 2.55.